The Balaban J connectivity index is 2.06. The number of benzene rings is 1. The van der Waals surface area contributed by atoms with Crippen LogP contribution in [0.4, 0.5) is 11.4 Å². The lowest BCUT2D eigenvalue weighted by molar-refractivity contribution is -0.385. The van der Waals surface area contributed by atoms with Gasteiger partial charge < -0.3 is 5.32 Å². The van der Waals surface area contributed by atoms with Gasteiger partial charge in [0.25, 0.3) is 11.2 Å². The molecule has 2 aromatic rings. The smallest absolute Gasteiger partial charge is 0.285 e. The summed E-state index contributed by atoms with van der Waals surface area (Å²) in [6.45, 7) is 1.81. The van der Waals surface area contributed by atoms with Crippen LogP contribution in [0.2, 0.25) is 0 Å². The molecule has 23 heavy (non-hydrogen) atoms. The van der Waals surface area contributed by atoms with Gasteiger partial charge in [0.1, 0.15) is 6.54 Å². The average molecular weight is 315 g/mol. The van der Waals surface area contributed by atoms with Crippen LogP contribution in [0.3, 0.4) is 0 Å². The van der Waals surface area contributed by atoms with Gasteiger partial charge in [0.2, 0.25) is 5.91 Å². The number of anilines is 1. The minimum absolute atomic E-state index is 0.235. The van der Waals surface area contributed by atoms with Crippen molar-refractivity contribution in [1.29, 1.82) is 0 Å². The zero-order valence-corrected chi connectivity index (χ0v) is 12.7. The maximum atomic E-state index is 12.0. The van der Waals surface area contributed by atoms with Crippen molar-refractivity contribution in [3.63, 3.8) is 0 Å². The van der Waals surface area contributed by atoms with E-state index in [9.17, 15) is 19.7 Å². The third kappa shape index (κ3) is 4.50. The summed E-state index contributed by atoms with van der Waals surface area (Å²) < 4.78 is 1.01. The summed E-state index contributed by atoms with van der Waals surface area (Å²) in [5.41, 5.74) is 1.10. The van der Waals surface area contributed by atoms with Gasteiger partial charge in [-0.1, -0.05) is 25.5 Å². The fraction of sp³-hybridized carbons (Fsp3) is 0.250. The van der Waals surface area contributed by atoms with Crippen molar-refractivity contribution in [2.24, 2.45) is 0 Å². The summed E-state index contributed by atoms with van der Waals surface area (Å²) in [6.07, 6.45) is 3.07. The summed E-state index contributed by atoms with van der Waals surface area (Å²) in [7, 11) is 0. The molecule has 2 rings (SSSR count). The second kappa shape index (κ2) is 7.35. The molecule has 120 valence electrons. The van der Waals surface area contributed by atoms with E-state index in [1.807, 2.05) is 12.1 Å². The van der Waals surface area contributed by atoms with Gasteiger partial charge in [-0.15, -0.1) is 0 Å². The van der Waals surface area contributed by atoms with Crippen molar-refractivity contribution >= 4 is 17.3 Å². The van der Waals surface area contributed by atoms with Gasteiger partial charge in [0.15, 0.2) is 0 Å². The summed E-state index contributed by atoms with van der Waals surface area (Å²) in [6, 6.07) is 9.63. The molecule has 0 fully saturated rings. The maximum absolute atomic E-state index is 12.0. The first-order chi connectivity index (χ1) is 11.0. The number of pyridine rings is 1. The zero-order valence-electron chi connectivity index (χ0n) is 12.7. The van der Waals surface area contributed by atoms with Crippen LogP contribution in [0.25, 0.3) is 0 Å². The summed E-state index contributed by atoms with van der Waals surface area (Å²) in [4.78, 5) is 33.7. The summed E-state index contributed by atoms with van der Waals surface area (Å²) >= 11 is 0. The Morgan fingerprint density at radius 1 is 1.22 bits per heavy atom. The van der Waals surface area contributed by atoms with Crippen LogP contribution in [0.15, 0.2) is 47.4 Å². The average Bonchev–Trinajstić information content (AvgIpc) is 2.51. The Kier molecular flexibility index (Phi) is 5.24. The van der Waals surface area contributed by atoms with Crippen LogP contribution in [-0.4, -0.2) is 15.4 Å². The molecule has 0 unspecified atom stereocenters. The predicted molar refractivity (Wildman–Crippen MR) is 86.4 cm³/mol. The minimum Gasteiger partial charge on any atom is -0.325 e. The minimum atomic E-state index is -0.611. The molecule has 7 nitrogen and oxygen atoms in total. The van der Waals surface area contributed by atoms with E-state index < -0.39 is 16.4 Å². The van der Waals surface area contributed by atoms with Crippen molar-refractivity contribution in [2.45, 2.75) is 26.3 Å². The van der Waals surface area contributed by atoms with Crippen LogP contribution in [0, 0.1) is 10.1 Å². The SMILES string of the molecule is CCCc1ccc(NC(=O)Cn2cc([N+](=O)[O-])ccc2=O)cc1. The van der Waals surface area contributed by atoms with E-state index >= 15 is 0 Å². The number of aryl methyl sites for hydroxylation is 1. The number of hydrogen-bond donors (Lipinski definition) is 1. The zero-order chi connectivity index (χ0) is 16.8. The molecule has 0 bridgehead atoms. The molecule has 0 aliphatic carbocycles. The van der Waals surface area contributed by atoms with Crippen molar-refractivity contribution in [3.8, 4) is 0 Å². The highest BCUT2D eigenvalue weighted by Crippen LogP contribution is 2.11. The molecule has 7 heteroatoms. The normalized spacial score (nSPS) is 10.3. The molecule has 1 aromatic carbocycles. The quantitative estimate of drug-likeness (QED) is 0.654. The fourth-order valence-electron chi connectivity index (χ4n) is 2.15. The lowest BCUT2D eigenvalue weighted by Gasteiger charge is -2.08. The molecule has 0 radical (unpaired) electrons. The van der Waals surface area contributed by atoms with E-state index in [0.29, 0.717) is 5.69 Å². The van der Waals surface area contributed by atoms with Gasteiger partial charge >= 0.3 is 0 Å². The molecular formula is C16H17N3O4. The number of rotatable bonds is 6. The number of hydrogen-bond acceptors (Lipinski definition) is 4. The number of aromatic nitrogens is 1. The van der Waals surface area contributed by atoms with E-state index in [1.165, 1.54) is 5.56 Å². The number of nitrogens with zero attached hydrogens (tertiary/aromatic N) is 2. The Labute approximate surface area is 132 Å². The van der Waals surface area contributed by atoms with Gasteiger partial charge in [-0.3, -0.25) is 24.3 Å². The number of carbonyl (C=O) groups is 1. The Bertz CT molecular complexity index is 766. The molecule has 0 atom stereocenters. The van der Waals surface area contributed by atoms with Crippen molar-refractivity contribution in [1.82, 2.24) is 4.57 Å². The lowest BCUT2D eigenvalue weighted by Crippen LogP contribution is -2.26. The monoisotopic (exact) mass is 315 g/mol. The standard InChI is InChI=1S/C16H17N3O4/c1-2-3-12-4-6-13(7-5-12)17-15(20)11-18-10-14(19(22)23)8-9-16(18)21/h4-10H,2-3,11H2,1H3,(H,17,20). The van der Waals surface area contributed by atoms with Crippen LogP contribution in [0.5, 0.6) is 0 Å². The van der Waals surface area contributed by atoms with Crippen LogP contribution >= 0.6 is 0 Å². The molecule has 0 aliphatic rings. The lowest BCUT2D eigenvalue weighted by atomic mass is 10.1. The van der Waals surface area contributed by atoms with Crippen molar-refractivity contribution < 1.29 is 9.72 Å². The van der Waals surface area contributed by atoms with Crippen molar-refractivity contribution in [3.05, 3.63) is 68.6 Å². The molecule has 1 aromatic heterocycles. The Morgan fingerprint density at radius 3 is 2.52 bits per heavy atom. The van der Waals surface area contributed by atoms with Gasteiger partial charge in [0.05, 0.1) is 11.1 Å². The van der Waals surface area contributed by atoms with Crippen molar-refractivity contribution in [2.75, 3.05) is 5.32 Å². The number of nitro groups is 1. The van der Waals surface area contributed by atoms with Crippen LogP contribution in [0.1, 0.15) is 18.9 Å². The second-order valence-electron chi connectivity index (χ2n) is 5.11. The highest BCUT2D eigenvalue weighted by atomic mass is 16.6. The van der Waals surface area contributed by atoms with Gasteiger partial charge in [-0.05, 0) is 24.1 Å². The van der Waals surface area contributed by atoms with Crippen LogP contribution in [-0.2, 0) is 17.8 Å². The van der Waals surface area contributed by atoms with Gasteiger partial charge in [-0.2, -0.15) is 0 Å². The summed E-state index contributed by atoms with van der Waals surface area (Å²) in [5, 5.41) is 13.4. The first kappa shape index (κ1) is 16.4. The molecular weight excluding hydrogens is 298 g/mol. The van der Waals surface area contributed by atoms with E-state index in [4.69, 9.17) is 0 Å². The highest BCUT2D eigenvalue weighted by Gasteiger charge is 2.10. The Morgan fingerprint density at radius 2 is 1.91 bits per heavy atom. The van der Waals surface area contributed by atoms with E-state index in [2.05, 4.69) is 12.2 Å². The highest BCUT2D eigenvalue weighted by molar-refractivity contribution is 5.90. The summed E-state index contributed by atoms with van der Waals surface area (Å²) in [5.74, 6) is -0.421. The Hall–Kier alpha value is -2.96. The largest absolute Gasteiger partial charge is 0.325 e. The first-order valence-corrected chi connectivity index (χ1v) is 7.23. The third-order valence-corrected chi connectivity index (χ3v) is 3.27. The van der Waals surface area contributed by atoms with E-state index in [0.717, 1.165) is 35.7 Å². The number of nitrogens with one attached hydrogen (secondary N) is 1. The van der Waals surface area contributed by atoms with E-state index in [1.54, 1.807) is 12.1 Å². The van der Waals surface area contributed by atoms with Gasteiger partial charge in [0, 0.05) is 17.8 Å². The third-order valence-electron chi connectivity index (χ3n) is 3.27. The van der Waals surface area contributed by atoms with E-state index in [-0.39, 0.29) is 12.2 Å². The predicted octanol–water partition coefficient (Wildman–Crippen LogP) is 2.35. The molecule has 0 spiro atoms. The molecule has 0 saturated carbocycles. The first-order valence-electron chi connectivity index (χ1n) is 7.23. The molecule has 0 saturated heterocycles. The molecule has 0 aliphatic heterocycles. The van der Waals surface area contributed by atoms with Crippen LogP contribution < -0.4 is 10.9 Å². The molecule has 1 N–H and O–H groups in total. The fourth-order valence-corrected chi connectivity index (χ4v) is 2.15. The maximum Gasteiger partial charge on any atom is 0.285 e. The van der Waals surface area contributed by atoms with Gasteiger partial charge in [-0.25, -0.2) is 0 Å². The second-order valence-corrected chi connectivity index (χ2v) is 5.11. The molecule has 1 amide bonds. The topological polar surface area (TPSA) is 94.2 Å². The number of carbonyl (C=O) groups excluding carboxylic acids is 1. The number of amides is 1. The molecule has 1 heterocycles.